The Kier molecular flexibility index (Phi) is 5.45. The van der Waals surface area contributed by atoms with E-state index in [1.807, 2.05) is 4.90 Å². The van der Waals surface area contributed by atoms with E-state index in [1.54, 1.807) is 12.3 Å². The average molecular weight is 375 g/mol. The molecule has 4 heterocycles. The predicted octanol–water partition coefficient (Wildman–Crippen LogP) is 1.22. The van der Waals surface area contributed by atoms with Gasteiger partial charge in [-0.2, -0.15) is 4.98 Å². The molecule has 2 N–H and O–H groups in total. The molecule has 27 heavy (non-hydrogen) atoms. The number of aromatic nitrogens is 2. The summed E-state index contributed by atoms with van der Waals surface area (Å²) < 4.78 is 12.0. The molecular weight excluding hydrogens is 346 g/mol. The summed E-state index contributed by atoms with van der Waals surface area (Å²) in [6.07, 6.45) is 7.27. The van der Waals surface area contributed by atoms with Crippen LogP contribution in [0.4, 0.5) is 11.8 Å². The number of nitrogens with two attached hydrogens (primary N) is 1. The highest BCUT2D eigenvalue weighted by atomic mass is 16.5. The van der Waals surface area contributed by atoms with Crippen LogP contribution in [0.5, 0.6) is 0 Å². The monoisotopic (exact) mass is 375 g/mol. The van der Waals surface area contributed by atoms with E-state index in [-0.39, 0.29) is 17.6 Å². The first kappa shape index (κ1) is 18.4. The fourth-order valence-electron chi connectivity index (χ4n) is 4.28. The van der Waals surface area contributed by atoms with Gasteiger partial charge in [-0.05, 0) is 38.2 Å². The average Bonchev–Trinajstić information content (AvgIpc) is 2.82. The summed E-state index contributed by atoms with van der Waals surface area (Å²) in [7, 11) is 0. The molecule has 1 unspecified atom stereocenters. The van der Waals surface area contributed by atoms with Crippen molar-refractivity contribution >= 4 is 17.7 Å². The second kappa shape index (κ2) is 7.98. The molecule has 1 aromatic rings. The van der Waals surface area contributed by atoms with E-state index in [0.29, 0.717) is 37.9 Å². The minimum atomic E-state index is -0.365. The number of hydrogen-bond acceptors (Lipinski definition) is 7. The number of nitrogens with zero attached hydrogens (tertiary/aromatic N) is 4. The van der Waals surface area contributed by atoms with E-state index in [0.717, 1.165) is 45.4 Å². The fourth-order valence-corrected chi connectivity index (χ4v) is 4.28. The summed E-state index contributed by atoms with van der Waals surface area (Å²) in [5.41, 5.74) is 5.40. The third-order valence-electron chi connectivity index (χ3n) is 5.92. The van der Waals surface area contributed by atoms with E-state index >= 15 is 0 Å². The van der Waals surface area contributed by atoms with Crippen molar-refractivity contribution < 1.29 is 14.3 Å². The molecule has 0 radical (unpaired) electrons. The molecule has 3 fully saturated rings. The molecule has 4 rings (SSSR count). The molecule has 3 aliphatic heterocycles. The second-order valence-electron chi connectivity index (χ2n) is 7.81. The molecule has 0 bridgehead atoms. The number of nitrogen functional groups attached to an aromatic ring is 1. The van der Waals surface area contributed by atoms with Crippen LogP contribution in [0.15, 0.2) is 12.3 Å². The van der Waals surface area contributed by atoms with Crippen LogP contribution in [0.25, 0.3) is 0 Å². The van der Waals surface area contributed by atoms with Crippen LogP contribution in [0.1, 0.15) is 38.5 Å². The third-order valence-corrected chi connectivity index (χ3v) is 5.92. The zero-order valence-electron chi connectivity index (χ0n) is 15.8. The van der Waals surface area contributed by atoms with E-state index in [2.05, 4.69) is 14.9 Å². The van der Waals surface area contributed by atoms with Gasteiger partial charge >= 0.3 is 0 Å². The normalized spacial score (nSPS) is 26.2. The Balaban J connectivity index is 1.35. The van der Waals surface area contributed by atoms with Gasteiger partial charge in [-0.15, -0.1) is 0 Å². The first-order valence-corrected chi connectivity index (χ1v) is 10.0. The summed E-state index contributed by atoms with van der Waals surface area (Å²) in [5, 5.41) is 0. The zero-order valence-corrected chi connectivity index (χ0v) is 15.8. The van der Waals surface area contributed by atoms with Crippen LogP contribution in [0, 0.1) is 0 Å². The molecule has 1 atom stereocenters. The Bertz CT molecular complexity index is 657. The van der Waals surface area contributed by atoms with Gasteiger partial charge in [0, 0.05) is 39.0 Å². The van der Waals surface area contributed by atoms with Crippen molar-refractivity contribution in [2.75, 3.05) is 50.0 Å². The maximum absolute atomic E-state index is 12.9. The van der Waals surface area contributed by atoms with Gasteiger partial charge in [-0.1, -0.05) is 0 Å². The van der Waals surface area contributed by atoms with E-state index in [4.69, 9.17) is 15.2 Å². The summed E-state index contributed by atoms with van der Waals surface area (Å²) in [5.74, 6) is 1.32. The van der Waals surface area contributed by atoms with Crippen LogP contribution in [0.2, 0.25) is 0 Å². The number of piperidine rings is 1. The van der Waals surface area contributed by atoms with Crippen LogP contribution in [-0.4, -0.2) is 71.9 Å². The van der Waals surface area contributed by atoms with Gasteiger partial charge in [-0.25, -0.2) is 4.98 Å². The number of hydrogen-bond donors (Lipinski definition) is 1. The maximum atomic E-state index is 12.9. The van der Waals surface area contributed by atoms with Crippen LogP contribution in [-0.2, 0) is 14.3 Å². The summed E-state index contributed by atoms with van der Waals surface area (Å²) in [4.78, 5) is 25.6. The molecule has 1 aromatic heterocycles. The number of rotatable bonds is 3. The lowest BCUT2D eigenvalue weighted by atomic mass is 9.87. The van der Waals surface area contributed by atoms with Crippen molar-refractivity contribution in [3.8, 4) is 0 Å². The topological polar surface area (TPSA) is 93.8 Å². The first-order chi connectivity index (χ1) is 13.1. The highest BCUT2D eigenvalue weighted by Crippen LogP contribution is 2.33. The summed E-state index contributed by atoms with van der Waals surface area (Å²) >= 11 is 0. The highest BCUT2D eigenvalue weighted by Gasteiger charge is 2.41. The van der Waals surface area contributed by atoms with Crippen molar-refractivity contribution in [3.63, 3.8) is 0 Å². The van der Waals surface area contributed by atoms with Crippen molar-refractivity contribution in [2.45, 2.75) is 50.2 Å². The number of amides is 1. The number of ether oxygens (including phenoxy) is 2. The summed E-state index contributed by atoms with van der Waals surface area (Å²) in [6, 6.07) is 1.69. The predicted molar refractivity (Wildman–Crippen MR) is 101 cm³/mol. The van der Waals surface area contributed by atoms with Crippen molar-refractivity contribution in [1.29, 1.82) is 0 Å². The molecule has 3 aliphatic rings. The molecule has 0 aliphatic carbocycles. The summed E-state index contributed by atoms with van der Waals surface area (Å²) in [6.45, 7) is 4.29. The standard InChI is InChI=1S/C19H29N5O3/c20-16-4-7-21-18(22-16)23-8-5-19(6-9-23)13-17(25)24(10-12-27-19)14-15-3-1-2-11-26-15/h4,7,15H,1-3,5-6,8-14H2,(H2,20,21,22). The molecule has 8 nitrogen and oxygen atoms in total. The zero-order chi connectivity index (χ0) is 18.7. The lowest BCUT2D eigenvalue weighted by Gasteiger charge is -2.40. The Morgan fingerprint density at radius 3 is 2.81 bits per heavy atom. The second-order valence-corrected chi connectivity index (χ2v) is 7.81. The van der Waals surface area contributed by atoms with Crippen LogP contribution in [0.3, 0.4) is 0 Å². The molecule has 8 heteroatoms. The van der Waals surface area contributed by atoms with Gasteiger partial charge in [0.15, 0.2) is 0 Å². The molecule has 3 saturated heterocycles. The van der Waals surface area contributed by atoms with Gasteiger partial charge in [0.1, 0.15) is 5.82 Å². The molecule has 148 valence electrons. The van der Waals surface area contributed by atoms with Gasteiger partial charge in [0.05, 0.1) is 24.7 Å². The van der Waals surface area contributed by atoms with Crippen molar-refractivity contribution in [3.05, 3.63) is 12.3 Å². The van der Waals surface area contributed by atoms with Gasteiger partial charge < -0.3 is 25.0 Å². The molecule has 1 amide bonds. The number of anilines is 2. The quantitative estimate of drug-likeness (QED) is 0.849. The van der Waals surface area contributed by atoms with E-state index in [1.165, 1.54) is 6.42 Å². The maximum Gasteiger partial charge on any atom is 0.227 e. The smallest absolute Gasteiger partial charge is 0.227 e. The van der Waals surface area contributed by atoms with Crippen LogP contribution < -0.4 is 10.6 Å². The molecular formula is C19H29N5O3. The number of carbonyl (C=O) groups excluding carboxylic acids is 1. The van der Waals surface area contributed by atoms with E-state index < -0.39 is 0 Å². The lowest BCUT2D eigenvalue weighted by molar-refractivity contribution is -0.136. The Labute approximate surface area is 160 Å². The largest absolute Gasteiger partial charge is 0.384 e. The Hall–Kier alpha value is -1.93. The fraction of sp³-hybridized carbons (Fsp3) is 0.737. The number of carbonyl (C=O) groups is 1. The Morgan fingerprint density at radius 1 is 1.22 bits per heavy atom. The first-order valence-electron chi connectivity index (χ1n) is 10.0. The molecule has 1 spiro atoms. The SMILES string of the molecule is Nc1ccnc(N2CCC3(CC2)CC(=O)N(CC2CCCCO2)CCO3)n1. The third kappa shape index (κ3) is 4.32. The van der Waals surface area contributed by atoms with Gasteiger partial charge in [0.25, 0.3) is 0 Å². The Morgan fingerprint density at radius 2 is 2.07 bits per heavy atom. The molecule has 0 aromatic carbocycles. The lowest BCUT2D eigenvalue weighted by Crippen LogP contribution is -2.48. The van der Waals surface area contributed by atoms with Crippen molar-refractivity contribution in [1.82, 2.24) is 14.9 Å². The minimum Gasteiger partial charge on any atom is -0.384 e. The van der Waals surface area contributed by atoms with Gasteiger partial charge in [0.2, 0.25) is 11.9 Å². The van der Waals surface area contributed by atoms with Gasteiger partial charge in [-0.3, -0.25) is 4.79 Å². The van der Waals surface area contributed by atoms with Crippen LogP contribution >= 0.6 is 0 Å². The highest BCUT2D eigenvalue weighted by molar-refractivity contribution is 5.77. The van der Waals surface area contributed by atoms with E-state index in [9.17, 15) is 4.79 Å². The van der Waals surface area contributed by atoms with Crippen molar-refractivity contribution in [2.24, 2.45) is 0 Å². The molecule has 0 saturated carbocycles. The minimum absolute atomic E-state index is 0.180.